The minimum atomic E-state index is 0.353. The van der Waals surface area contributed by atoms with Gasteiger partial charge in [0.25, 0.3) is 0 Å². The summed E-state index contributed by atoms with van der Waals surface area (Å²) in [6, 6.07) is 5.78. The maximum absolute atomic E-state index is 5.94. The van der Waals surface area contributed by atoms with E-state index in [9.17, 15) is 0 Å². The van der Waals surface area contributed by atoms with E-state index in [0.29, 0.717) is 6.10 Å². The average molecular weight is 226 g/mol. The molecule has 1 aromatic carbocycles. The van der Waals surface area contributed by atoms with Gasteiger partial charge < -0.3 is 10.1 Å². The van der Waals surface area contributed by atoms with E-state index in [4.69, 9.17) is 16.3 Å². The molecule has 1 N–H and O–H groups in total. The van der Waals surface area contributed by atoms with E-state index in [0.717, 1.165) is 42.3 Å². The second-order valence-electron chi connectivity index (χ2n) is 3.98. The first-order valence-corrected chi connectivity index (χ1v) is 5.77. The molecule has 2 nitrogen and oxygen atoms in total. The van der Waals surface area contributed by atoms with E-state index in [2.05, 4.69) is 5.32 Å². The molecule has 1 aromatic rings. The third-order valence-electron chi connectivity index (χ3n) is 2.72. The molecule has 15 heavy (non-hydrogen) atoms. The third-order valence-corrected chi connectivity index (χ3v) is 2.95. The Balaban J connectivity index is 2.03. The van der Waals surface area contributed by atoms with Crippen LogP contribution in [0.25, 0.3) is 0 Å². The number of aryl methyl sites for hydroxylation is 1. The standard InChI is InChI=1S/C12H16ClNO/c1-9-8-10(13)2-3-12(9)15-11-4-6-14-7-5-11/h2-3,8,11,14H,4-7H2,1H3. The molecule has 1 heterocycles. The summed E-state index contributed by atoms with van der Waals surface area (Å²) < 4.78 is 5.94. The molecule has 0 amide bonds. The minimum absolute atomic E-state index is 0.353. The molecule has 1 aliphatic rings. The van der Waals surface area contributed by atoms with E-state index in [1.807, 2.05) is 25.1 Å². The number of rotatable bonds is 2. The summed E-state index contributed by atoms with van der Waals surface area (Å²) in [5.74, 6) is 0.964. The number of halogens is 1. The van der Waals surface area contributed by atoms with E-state index >= 15 is 0 Å². The molecule has 1 fully saturated rings. The molecule has 2 rings (SSSR count). The van der Waals surface area contributed by atoms with Crippen molar-refractivity contribution >= 4 is 11.6 Å². The molecule has 82 valence electrons. The van der Waals surface area contributed by atoms with Gasteiger partial charge in [-0.25, -0.2) is 0 Å². The monoisotopic (exact) mass is 225 g/mol. The molecule has 1 aliphatic heterocycles. The number of piperidine rings is 1. The molecule has 0 saturated carbocycles. The van der Waals surface area contributed by atoms with Crippen LogP contribution in [0.1, 0.15) is 18.4 Å². The van der Waals surface area contributed by atoms with Crippen LogP contribution in [0.5, 0.6) is 5.75 Å². The summed E-state index contributed by atoms with van der Waals surface area (Å²) in [7, 11) is 0. The topological polar surface area (TPSA) is 21.3 Å². The van der Waals surface area contributed by atoms with Crippen molar-refractivity contribution < 1.29 is 4.74 Å². The maximum atomic E-state index is 5.94. The quantitative estimate of drug-likeness (QED) is 0.836. The Hall–Kier alpha value is -0.730. The van der Waals surface area contributed by atoms with Crippen molar-refractivity contribution in [2.24, 2.45) is 0 Å². The molecule has 0 spiro atoms. The van der Waals surface area contributed by atoms with Crippen LogP contribution in [0.15, 0.2) is 18.2 Å². The van der Waals surface area contributed by atoms with Crippen molar-refractivity contribution in [3.8, 4) is 5.75 Å². The lowest BCUT2D eigenvalue weighted by Gasteiger charge is -2.24. The molecular formula is C12H16ClNO. The number of hydrogen-bond donors (Lipinski definition) is 1. The zero-order valence-corrected chi connectivity index (χ0v) is 9.68. The summed E-state index contributed by atoms with van der Waals surface area (Å²) in [5, 5.41) is 4.09. The highest BCUT2D eigenvalue weighted by Crippen LogP contribution is 2.24. The van der Waals surface area contributed by atoms with Crippen LogP contribution < -0.4 is 10.1 Å². The second-order valence-corrected chi connectivity index (χ2v) is 4.41. The van der Waals surface area contributed by atoms with E-state index < -0.39 is 0 Å². The molecule has 3 heteroatoms. The lowest BCUT2D eigenvalue weighted by Crippen LogP contribution is -2.34. The molecule has 0 radical (unpaired) electrons. The smallest absolute Gasteiger partial charge is 0.122 e. The van der Waals surface area contributed by atoms with Gasteiger partial charge in [-0.1, -0.05) is 11.6 Å². The Labute approximate surface area is 95.6 Å². The number of nitrogens with one attached hydrogen (secondary N) is 1. The van der Waals surface area contributed by atoms with Crippen molar-refractivity contribution in [1.29, 1.82) is 0 Å². The largest absolute Gasteiger partial charge is 0.490 e. The molecule has 0 unspecified atom stereocenters. The van der Waals surface area contributed by atoms with Crippen LogP contribution in [-0.2, 0) is 0 Å². The lowest BCUT2D eigenvalue weighted by atomic mass is 10.1. The van der Waals surface area contributed by atoms with Crippen LogP contribution in [0.2, 0.25) is 5.02 Å². The summed E-state index contributed by atoms with van der Waals surface area (Å²) in [4.78, 5) is 0. The minimum Gasteiger partial charge on any atom is -0.490 e. The highest BCUT2D eigenvalue weighted by molar-refractivity contribution is 6.30. The van der Waals surface area contributed by atoms with Crippen molar-refractivity contribution in [2.45, 2.75) is 25.9 Å². The Kier molecular flexibility index (Phi) is 3.49. The van der Waals surface area contributed by atoms with E-state index in [1.165, 1.54) is 0 Å². The second kappa shape index (κ2) is 4.86. The van der Waals surface area contributed by atoms with E-state index in [1.54, 1.807) is 0 Å². The Morgan fingerprint density at radius 2 is 2.07 bits per heavy atom. The van der Waals surface area contributed by atoms with Crippen LogP contribution in [0.3, 0.4) is 0 Å². The van der Waals surface area contributed by atoms with Gasteiger partial charge in [0, 0.05) is 5.02 Å². The first-order valence-electron chi connectivity index (χ1n) is 5.39. The van der Waals surface area contributed by atoms with Gasteiger partial charge in [0.05, 0.1) is 0 Å². The fourth-order valence-electron chi connectivity index (χ4n) is 1.84. The van der Waals surface area contributed by atoms with Gasteiger partial charge in [0.15, 0.2) is 0 Å². The van der Waals surface area contributed by atoms with E-state index in [-0.39, 0.29) is 0 Å². The van der Waals surface area contributed by atoms with Gasteiger partial charge in [-0.15, -0.1) is 0 Å². The molecule has 1 saturated heterocycles. The SMILES string of the molecule is Cc1cc(Cl)ccc1OC1CCNCC1. The fourth-order valence-corrected chi connectivity index (χ4v) is 2.06. The zero-order valence-electron chi connectivity index (χ0n) is 8.92. The van der Waals surface area contributed by atoms with Crippen LogP contribution in [0, 0.1) is 6.92 Å². The van der Waals surface area contributed by atoms with Crippen molar-refractivity contribution in [1.82, 2.24) is 5.32 Å². The number of hydrogen-bond acceptors (Lipinski definition) is 2. The van der Waals surface area contributed by atoms with Gasteiger partial charge >= 0.3 is 0 Å². The number of ether oxygens (including phenoxy) is 1. The molecular weight excluding hydrogens is 210 g/mol. The van der Waals surface area contributed by atoms with Gasteiger partial charge in [-0.3, -0.25) is 0 Å². The first-order chi connectivity index (χ1) is 7.25. The van der Waals surface area contributed by atoms with Gasteiger partial charge in [0.1, 0.15) is 11.9 Å². The normalized spacial score (nSPS) is 17.7. The van der Waals surface area contributed by atoms with Crippen LogP contribution in [0.4, 0.5) is 0 Å². The van der Waals surface area contributed by atoms with Gasteiger partial charge in [-0.05, 0) is 56.6 Å². The molecule has 0 bridgehead atoms. The average Bonchev–Trinajstić information content (AvgIpc) is 2.24. The Morgan fingerprint density at radius 1 is 1.33 bits per heavy atom. The predicted molar refractivity (Wildman–Crippen MR) is 62.7 cm³/mol. The zero-order chi connectivity index (χ0) is 10.7. The molecule has 0 atom stereocenters. The highest BCUT2D eigenvalue weighted by atomic mass is 35.5. The summed E-state index contributed by atoms with van der Waals surface area (Å²) in [5.41, 5.74) is 1.11. The van der Waals surface area contributed by atoms with Gasteiger partial charge in [0.2, 0.25) is 0 Å². The van der Waals surface area contributed by atoms with Gasteiger partial charge in [-0.2, -0.15) is 0 Å². The Bertz CT molecular complexity index is 334. The summed E-state index contributed by atoms with van der Waals surface area (Å²) >= 11 is 5.89. The van der Waals surface area contributed by atoms with Crippen LogP contribution in [-0.4, -0.2) is 19.2 Å². The summed E-state index contributed by atoms with van der Waals surface area (Å²) in [6.45, 7) is 4.14. The van der Waals surface area contributed by atoms with Crippen LogP contribution >= 0.6 is 11.6 Å². The fraction of sp³-hybridized carbons (Fsp3) is 0.500. The molecule has 0 aliphatic carbocycles. The first kappa shape index (κ1) is 10.8. The third kappa shape index (κ3) is 2.86. The lowest BCUT2D eigenvalue weighted by molar-refractivity contribution is 0.161. The van der Waals surface area contributed by atoms with Crippen molar-refractivity contribution in [3.63, 3.8) is 0 Å². The maximum Gasteiger partial charge on any atom is 0.122 e. The highest BCUT2D eigenvalue weighted by Gasteiger charge is 2.15. The predicted octanol–water partition coefficient (Wildman–Crippen LogP) is 2.78. The van der Waals surface area contributed by atoms with Crippen molar-refractivity contribution in [2.75, 3.05) is 13.1 Å². The van der Waals surface area contributed by atoms with Crippen molar-refractivity contribution in [3.05, 3.63) is 28.8 Å². The summed E-state index contributed by atoms with van der Waals surface area (Å²) in [6.07, 6.45) is 2.52. The Morgan fingerprint density at radius 3 is 2.73 bits per heavy atom. The number of benzene rings is 1. The molecule has 0 aromatic heterocycles.